The Morgan fingerprint density at radius 3 is 2.36 bits per heavy atom. The van der Waals surface area contributed by atoms with Gasteiger partial charge in [-0.05, 0) is 36.6 Å². The lowest BCUT2D eigenvalue weighted by atomic mass is 10.0. The third-order valence-electron chi connectivity index (χ3n) is 3.04. The Morgan fingerprint density at radius 1 is 1.23 bits per heavy atom. The summed E-state index contributed by atoms with van der Waals surface area (Å²) in [6.45, 7) is 6.22. The molecule has 0 aliphatic carbocycles. The molecule has 0 aliphatic rings. The van der Waals surface area contributed by atoms with Gasteiger partial charge >= 0.3 is 5.97 Å². The van der Waals surface area contributed by atoms with E-state index in [0.29, 0.717) is 6.61 Å². The van der Waals surface area contributed by atoms with Crippen LogP contribution in [0.15, 0.2) is 30.3 Å². The van der Waals surface area contributed by atoms with Gasteiger partial charge in [0.15, 0.2) is 0 Å². The normalized spacial score (nSPS) is 12.2. The first-order chi connectivity index (χ1) is 10.5. The standard InChI is InChI=1S/C17H23NO4/c1-5-22-14-9-6-13(7-10-14)8-11-15(19)18-16(12(2)3)17(20)21-4/h6-12,16H,5H2,1-4H3,(H,18,19)/b11-8+/t16-/m0/s1. The van der Waals surface area contributed by atoms with Crippen molar-refractivity contribution in [3.05, 3.63) is 35.9 Å². The van der Waals surface area contributed by atoms with E-state index in [0.717, 1.165) is 11.3 Å². The molecule has 5 heteroatoms. The number of carbonyl (C=O) groups excluding carboxylic acids is 2. The predicted octanol–water partition coefficient (Wildman–Crippen LogP) is 2.41. The maximum atomic E-state index is 11.9. The van der Waals surface area contributed by atoms with Gasteiger partial charge in [-0.1, -0.05) is 26.0 Å². The number of carbonyl (C=O) groups is 2. The molecule has 0 fully saturated rings. The summed E-state index contributed by atoms with van der Waals surface area (Å²) in [6, 6.07) is 6.74. The number of methoxy groups -OCH3 is 1. The van der Waals surface area contributed by atoms with Crippen molar-refractivity contribution in [2.24, 2.45) is 5.92 Å². The zero-order chi connectivity index (χ0) is 16.5. The van der Waals surface area contributed by atoms with E-state index in [1.165, 1.54) is 13.2 Å². The predicted molar refractivity (Wildman–Crippen MR) is 85.4 cm³/mol. The zero-order valence-electron chi connectivity index (χ0n) is 13.5. The number of rotatable bonds is 7. The second-order valence-corrected chi connectivity index (χ2v) is 5.09. The summed E-state index contributed by atoms with van der Waals surface area (Å²) in [6.07, 6.45) is 3.08. The minimum absolute atomic E-state index is 0.0460. The molecule has 0 unspecified atom stereocenters. The van der Waals surface area contributed by atoms with Gasteiger partial charge in [0.05, 0.1) is 13.7 Å². The number of nitrogens with one attached hydrogen (secondary N) is 1. The maximum Gasteiger partial charge on any atom is 0.328 e. The van der Waals surface area contributed by atoms with Gasteiger partial charge in [-0.2, -0.15) is 0 Å². The van der Waals surface area contributed by atoms with E-state index in [4.69, 9.17) is 4.74 Å². The molecule has 1 aromatic carbocycles. The van der Waals surface area contributed by atoms with E-state index in [-0.39, 0.29) is 11.8 Å². The summed E-state index contributed by atoms with van der Waals surface area (Å²) in [4.78, 5) is 23.5. The Hall–Kier alpha value is -2.30. The fourth-order valence-corrected chi connectivity index (χ4v) is 1.84. The lowest BCUT2D eigenvalue weighted by Gasteiger charge is -2.18. The first-order valence-electron chi connectivity index (χ1n) is 7.27. The molecule has 1 aromatic rings. The van der Waals surface area contributed by atoms with Gasteiger partial charge in [0, 0.05) is 6.08 Å². The van der Waals surface area contributed by atoms with Gasteiger partial charge in [-0.3, -0.25) is 4.79 Å². The molecular weight excluding hydrogens is 282 g/mol. The van der Waals surface area contributed by atoms with Crippen molar-refractivity contribution < 1.29 is 19.1 Å². The summed E-state index contributed by atoms with van der Waals surface area (Å²) < 4.78 is 10.0. The Morgan fingerprint density at radius 2 is 1.86 bits per heavy atom. The van der Waals surface area contributed by atoms with Crippen molar-refractivity contribution in [2.45, 2.75) is 26.8 Å². The van der Waals surface area contributed by atoms with Gasteiger partial charge < -0.3 is 14.8 Å². The van der Waals surface area contributed by atoms with Crippen molar-refractivity contribution >= 4 is 18.0 Å². The quantitative estimate of drug-likeness (QED) is 0.620. The first-order valence-corrected chi connectivity index (χ1v) is 7.27. The molecule has 0 saturated carbocycles. The van der Waals surface area contributed by atoms with Crippen LogP contribution in [0.25, 0.3) is 6.08 Å². The largest absolute Gasteiger partial charge is 0.494 e. The average molecular weight is 305 g/mol. The maximum absolute atomic E-state index is 11.9. The topological polar surface area (TPSA) is 64.6 Å². The molecule has 5 nitrogen and oxygen atoms in total. The highest BCUT2D eigenvalue weighted by atomic mass is 16.5. The van der Waals surface area contributed by atoms with Crippen molar-refractivity contribution in [3.8, 4) is 5.75 Å². The first kappa shape index (κ1) is 17.8. The Kier molecular flexibility index (Phi) is 7.16. The van der Waals surface area contributed by atoms with E-state index >= 15 is 0 Å². The van der Waals surface area contributed by atoms with Crippen molar-refractivity contribution in [1.29, 1.82) is 0 Å². The monoisotopic (exact) mass is 305 g/mol. The smallest absolute Gasteiger partial charge is 0.328 e. The molecule has 0 saturated heterocycles. The van der Waals surface area contributed by atoms with E-state index in [1.807, 2.05) is 45.0 Å². The highest BCUT2D eigenvalue weighted by Crippen LogP contribution is 2.13. The number of esters is 1. The Labute approximate surface area is 131 Å². The second kappa shape index (κ2) is 8.87. The summed E-state index contributed by atoms with van der Waals surface area (Å²) >= 11 is 0. The summed E-state index contributed by atoms with van der Waals surface area (Å²) in [5, 5.41) is 2.64. The van der Waals surface area contributed by atoms with Crippen LogP contribution < -0.4 is 10.1 Å². The SMILES string of the molecule is CCOc1ccc(/C=C/C(=O)N[C@H](C(=O)OC)C(C)C)cc1. The molecule has 22 heavy (non-hydrogen) atoms. The molecule has 0 aromatic heterocycles. The van der Waals surface area contributed by atoms with Gasteiger partial charge in [0.2, 0.25) is 5.91 Å². The molecule has 1 atom stereocenters. The van der Waals surface area contributed by atoms with Gasteiger partial charge in [-0.15, -0.1) is 0 Å². The summed E-state index contributed by atoms with van der Waals surface area (Å²) in [5.74, 6) is -0.0410. The minimum atomic E-state index is -0.650. The lowest BCUT2D eigenvalue weighted by Crippen LogP contribution is -2.44. The van der Waals surface area contributed by atoms with Crippen LogP contribution in [0.3, 0.4) is 0 Å². The lowest BCUT2D eigenvalue weighted by molar-refractivity contribution is -0.145. The van der Waals surface area contributed by atoms with Crippen molar-refractivity contribution in [2.75, 3.05) is 13.7 Å². The van der Waals surface area contributed by atoms with Crippen LogP contribution in [0.4, 0.5) is 0 Å². The number of benzene rings is 1. The molecule has 0 radical (unpaired) electrons. The molecule has 120 valence electrons. The number of amides is 1. The third-order valence-corrected chi connectivity index (χ3v) is 3.04. The Bertz CT molecular complexity index is 520. The van der Waals surface area contributed by atoms with Crippen molar-refractivity contribution in [1.82, 2.24) is 5.32 Å². The average Bonchev–Trinajstić information content (AvgIpc) is 2.51. The van der Waals surface area contributed by atoms with E-state index < -0.39 is 12.0 Å². The van der Waals surface area contributed by atoms with Gasteiger partial charge in [0.1, 0.15) is 11.8 Å². The molecule has 1 N–H and O–H groups in total. The number of ether oxygens (including phenoxy) is 2. The van der Waals surface area contributed by atoms with Crippen LogP contribution in [-0.4, -0.2) is 31.6 Å². The van der Waals surface area contributed by atoms with Crippen LogP contribution in [-0.2, 0) is 14.3 Å². The van der Waals surface area contributed by atoms with E-state index in [9.17, 15) is 9.59 Å². The number of hydrogen-bond acceptors (Lipinski definition) is 4. The zero-order valence-corrected chi connectivity index (χ0v) is 13.5. The molecule has 0 bridgehead atoms. The van der Waals surface area contributed by atoms with Gasteiger partial charge in [0.25, 0.3) is 0 Å². The van der Waals surface area contributed by atoms with Crippen molar-refractivity contribution in [3.63, 3.8) is 0 Å². The van der Waals surface area contributed by atoms with Crippen LogP contribution in [0.2, 0.25) is 0 Å². The molecule has 0 heterocycles. The summed E-state index contributed by atoms with van der Waals surface area (Å²) in [5.41, 5.74) is 0.873. The highest BCUT2D eigenvalue weighted by Gasteiger charge is 2.23. The fraction of sp³-hybridized carbons (Fsp3) is 0.412. The Balaban J connectivity index is 2.64. The summed E-state index contributed by atoms with van der Waals surface area (Å²) in [7, 11) is 1.31. The van der Waals surface area contributed by atoms with Crippen LogP contribution >= 0.6 is 0 Å². The van der Waals surface area contributed by atoms with Gasteiger partial charge in [-0.25, -0.2) is 4.79 Å². The van der Waals surface area contributed by atoms with Crippen LogP contribution in [0, 0.1) is 5.92 Å². The molecule has 1 amide bonds. The van der Waals surface area contributed by atoms with E-state index in [1.54, 1.807) is 6.08 Å². The molecular formula is C17H23NO4. The molecule has 1 rings (SSSR count). The van der Waals surface area contributed by atoms with Crippen LogP contribution in [0.5, 0.6) is 5.75 Å². The van der Waals surface area contributed by atoms with E-state index in [2.05, 4.69) is 10.1 Å². The number of hydrogen-bond donors (Lipinski definition) is 1. The second-order valence-electron chi connectivity index (χ2n) is 5.09. The minimum Gasteiger partial charge on any atom is -0.494 e. The third kappa shape index (κ3) is 5.60. The molecule has 0 spiro atoms. The molecule has 0 aliphatic heterocycles. The fourth-order valence-electron chi connectivity index (χ4n) is 1.84. The van der Waals surface area contributed by atoms with Crippen LogP contribution in [0.1, 0.15) is 26.3 Å². The highest BCUT2D eigenvalue weighted by molar-refractivity contribution is 5.94.